The number of aromatic nitrogens is 1. The van der Waals surface area contributed by atoms with Crippen molar-refractivity contribution in [3.05, 3.63) is 35.0 Å². The van der Waals surface area contributed by atoms with E-state index in [2.05, 4.69) is 21.6 Å². The van der Waals surface area contributed by atoms with Gasteiger partial charge in [-0.3, -0.25) is 5.32 Å². The average Bonchev–Trinajstić information content (AvgIpc) is 2.30. The van der Waals surface area contributed by atoms with E-state index in [1.165, 1.54) is 12.1 Å². The second-order valence-corrected chi connectivity index (χ2v) is 3.68. The average molecular weight is 271 g/mol. The molecular formula is C11H11ClN2O4. The summed E-state index contributed by atoms with van der Waals surface area (Å²) in [5.74, 6) is -1.36. The summed E-state index contributed by atoms with van der Waals surface area (Å²) in [5, 5.41) is 11.4. The van der Waals surface area contributed by atoms with Gasteiger partial charge >= 0.3 is 12.1 Å². The van der Waals surface area contributed by atoms with Gasteiger partial charge in [0.05, 0.1) is 10.7 Å². The van der Waals surface area contributed by atoms with Crippen LogP contribution in [0.5, 0.6) is 0 Å². The summed E-state index contributed by atoms with van der Waals surface area (Å²) in [6.45, 7) is 4.99. The van der Waals surface area contributed by atoms with Crippen LogP contribution in [0.4, 0.5) is 10.6 Å². The second-order valence-electron chi connectivity index (χ2n) is 3.27. The zero-order valence-corrected chi connectivity index (χ0v) is 10.3. The minimum Gasteiger partial charge on any atom is -0.478 e. The van der Waals surface area contributed by atoms with E-state index in [1.807, 2.05) is 0 Å². The van der Waals surface area contributed by atoms with E-state index >= 15 is 0 Å². The Morgan fingerprint density at radius 3 is 2.89 bits per heavy atom. The van der Waals surface area contributed by atoms with Gasteiger partial charge in [0.1, 0.15) is 18.0 Å². The van der Waals surface area contributed by atoms with E-state index in [1.54, 1.807) is 6.92 Å². The van der Waals surface area contributed by atoms with Crippen LogP contribution in [0.2, 0.25) is 5.02 Å². The monoisotopic (exact) mass is 270 g/mol. The van der Waals surface area contributed by atoms with Crippen molar-refractivity contribution >= 4 is 29.5 Å². The number of nitrogens with zero attached hydrogens (tertiary/aromatic N) is 1. The van der Waals surface area contributed by atoms with Gasteiger partial charge in [0.2, 0.25) is 0 Å². The third kappa shape index (κ3) is 3.46. The highest BCUT2D eigenvalue weighted by atomic mass is 35.5. The highest BCUT2D eigenvalue weighted by Gasteiger charge is 2.16. The molecule has 2 N–H and O–H groups in total. The van der Waals surface area contributed by atoms with Gasteiger partial charge in [-0.25, -0.2) is 14.6 Å². The summed E-state index contributed by atoms with van der Waals surface area (Å²) in [5.41, 5.74) is 0.196. The molecule has 96 valence electrons. The molecule has 0 aromatic carbocycles. The lowest BCUT2D eigenvalue weighted by atomic mass is 10.2. The fourth-order valence-electron chi connectivity index (χ4n) is 1.11. The Morgan fingerprint density at radius 2 is 2.33 bits per heavy atom. The van der Waals surface area contributed by atoms with Crippen LogP contribution in [0.1, 0.15) is 16.1 Å². The molecule has 0 unspecified atom stereocenters. The lowest BCUT2D eigenvalue weighted by Crippen LogP contribution is -2.17. The molecule has 0 fully saturated rings. The van der Waals surface area contributed by atoms with Crippen molar-refractivity contribution in [1.29, 1.82) is 0 Å². The second kappa shape index (κ2) is 6.02. The zero-order chi connectivity index (χ0) is 13.7. The molecule has 0 radical (unpaired) electrons. The van der Waals surface area contributed by atoms with Crippen molar-refractivity contribution in [2.45, 2.75) is 6.92 Å². The molecule has 0 aliphatic heterocycles. The van der Waals surface area contributed by atoms with Crippen LogP contribution < -0.4 is 5.32 Å². The molecule has 1 heterocycles. The van der Waals surface area contributed by atoms with Gasteiger partial charge in [0, 0.05) is 0 Å². The standard InChI is InChI=1S/C11H11ClN2O4/c1-3-4-18-11(17)14-9-7(10(15)16)5-8(12)6(2)13-9/h3,5H,1,4H2,2H3,(H,15,16)(H,13,14,17). The van der Waals surface area contributed by atoms with Gasteiger partial charge in [0.25, 0.3) is 0 Å². The summed E-state index contributed by atoms with van der Waals surface area (Å²) in [6.07, 6.45) is 0.574. The van der Waals surface area contributed by atoms with Gasteiger partial charge in [-0.2, -0.15) is 0 Å². The van der Waals surface area contributed by atoms with Crippen molar-refractivity contribution in [3.63, 3.8) is 0 Å². The van der Waals surface area contributed by atoms with Crippen LogP contribution >= 0.6 is 11.6 Å². The molecule has 7 heteroatoms. The van der Waals surface area contributed by atoms with Crippen LogP contribution in [0.3, 0.4) is 0 Å². The first-order chi connectivity index (χ1) is 8.45. The van der Waals surface area contributed by atoms with E-state index in [0.717, 1.165) is 0 Å². The van der Waals surface area contributed by atoms with Gasteiger partial charge in [-0.15, -0.1) is 0 Å². The van der Waals surface area contributed by atoms with Crippen molar-refractivity contribution in [1.82, 2.24) is 4.98 Å². The number of amides is 1. The van der Waals surface area contributed by atoms with Crippen molar-refractivity contribution in [2.24, 2.45) is 0 Å². The Bertz CT molecular complexity index is 502. The number of carboxylic acid groups (broad SMARTS) is 1. The van der Waals surface area contributed by atoms with Crippen LogP contribution in [0.25, 0.3) is 0 Å². The normalized spacial score (nSPS) is 9.67. The molecule has 0 aliphatic carbocycles. The molecule has 1 amide bonds. The summed E-state index contributed by atoms with van der Waals surface area (Å²) < 4.78 is 4.67. The summed E-state index contributed by atoms with van der Waals surface area (Å²) in [7, 11) is 0. The number of carbonyl (C=O) groups excluding carboxylic acids is 1. The molecule has 0 spiro atoms. The number of nitrogens with one attached hydrogen (secondary N) is 1. The number of hydrogen-bond donors (Lipinski definition) is 2. The number of carboxylic acids is 1. The van der Waals surface area contributed by atoms with Crippen molar-refractivity contribution in [3.8, 4) is 0 Å². The summed E-state index contributed by atoms with van der Waals surface area (Å²) >= 11 is 5.77. The fraction of sp³-hybridized carbons (Fsp3) is 0.182. The highest BCUT2D eigenvalue weighted by Crippen LogP contribution is 2.21. The largest absolute Gasteiger partial charge is 0.478 e. The minimum absolute atomic E-state index is 0.0147. The highest BCUT2D eigenvalue weighted by molar-refractivity contribution is 6.31. The van der Waals surface area contributed by atoms with Crippen molar-refractivity contribution < 1.29 is 19.4 Å². The maximum atomic E-state index is 11.3. The van der Waals surface area contributed by atoms with Gasteiger partial charge in [0.15, 0.2) is 0 Å². The predicted molar refractivity (Wildman–Crippen MR) is 66.1 cm³/mol. The Labute approximate surface area is 108 Å². The van der Waals surface area contributed by atoms with Gasteiger partial charge in [-0.05, 0) is 13.0 Å². The Hall–Kier alpha value is -2.08. The maximum Gasteiger partial charge on any atom is 0.413 e. The smallest absolute Gasteiger partial charge is 0.413 e. The molecule has 1 aromatic heterocycles. The predicted octanol–water partition coefficient (Wildman–Crippen LogP) is 2.48. The first-order valence-electron chi connectivity index (χ1n) is 4.90. The zero-order valence-electron chi connectivity index (χ0n) is 9.57. The molecule has 0 atom stereocenters. The summed E-state index contributed by atoms with van der Waals surface area (Å²) in [6, 6.07) is 1.22. The molecular weight excluding hydrogens is 260 g/mol. The van der Waals surface area contributed by atoms with Crippen LogP contribution in [0.15, 0.2) is 18.7 Å². The third-order valence-electron chi connectivity index (χ3n) is 1.93. The molecule has 0 saturated carbocycles. The number of rotatable bonds is 4. The van der Waals surface area contributed by atoms with E-state index in [-0.39, 0.29) is 23.0 Å². The quantitative estimate of drug-likeness (QED) is 0.821. The van der Waals surface area contributed by atoms with Crippen LogP contribution in [-0.2, 0) is 4.74 Å². The van der Waals surface area contributed by atoms with Gasteiger partial charge in [-0.1, -0.05) is 24.3 Å². The lowest BCUT2D eigenvalue weighted by Gasteiger charge is -2.09. The topological polar surface area (TPSA) is 88.5 Å². The van der Waals surface area contributed by atoms with E-state index < -0.39 is 12.1 Å². The maximum absolute atomic E-state index is 11.3. The number of carbonyl (C=O) groups is 2. The fourth-order valence-corrected chi connectivity index (χ4v) is 1.26. The number of pyridine rings is 1. The molecule has 0 bridgehead atoms. The number of ether oxygens (including phenoxy) is 1. The van der Waals surface area contributed by atoms with Crippen molar-refractivity contribution in [2.75, 3.05) is 11.9 Å². The number of hydrogen-bond acceptors (Lipinski definition) is 4. The number of aryl methyl sites for hydroxylation is 1. The molecule has 6 nitrogen and oxygen atoms in total. The minimum atomic E-state index is -1.25. The first-order valence-corrected chi connectivity index (χ1v) is 5.28. The van der Waals surface area contributed by atoms with Crippen LogP contribution in [-0.4, -0.2) is 28.8 Å². The lowest BCUT2D eigenvalue weighted by molar-refractivity contribution is 0.0697. The number of halogens is 1. The first kappa shape index (κ1) is 14.0. The Kier molecular flexibility index (Phi) is 4.67. The Balaban J connectivity index is 3.00. The molecule has 1 rings (SSSR count). The van der Waals surface area contributed by atoms with Crippen LogP contribution in [0, 0.1) is 6.92 Å². The SMILES string of the molecule is C=CCOC(=O)Nc1nc(C)c(Cl)cc1C(=O)O. The van der Waals surface area contributed by atoms with Gasteiger partial charge < -0.3 is 9.84 Å². The molecule has 0 saturated heterocycles. The van der Waals surface area contributed by atoms with E-state index in [9.17, 15) is 9.59 Å². The molecule has 1 aromatic rings. The van der Waals surface area contributed by atoms with E-state index in [0.29, 0.717) is 5.69 Å². The molecule has 18 heavy (non-hydrogen) atoms. The summed E-state index contributed by atoms with van der Waals surface area (Å²) in [4.78, 5) is 26.2. The number of anilines is 1. The Morgan fingerprint density at radius 1 is 1.67 bits per heavy atom. The number of aromatic carboxylic acids is 1. The molecule has 0 aliphatic rings. The third-order valence-corrected chi connectivity index (χ3v) is 2.32. The van der Waals surface area contributed by atoms with E-state index in [4.69, 9.17) is 16.7 Å².